The Morgan fingerprint density at radius 1 is 1.48 bits per heavy atom. The minimum Gasteiger partial charge on any atom is -0.467 e. The summed E-state index contributed by atoms with van der Waals surface area (Å²) in [5, 5.41) is 6.95. The Balaban J connectivity index is 2.22. The van der Waals surface area contributed by atoms with Gasteiger partial charge in [0.2, 0.25) is 0 Å². The second-order valence-corrected chi connectivity index (χ2v) is 4.75. The van der Waals surface area contributed by atoms with Crippen LogP contribution in [0.15, 0.2) is 18.3 Å². The van der Waals surface area contributed by atoms with Crippen molar-refractivity contribution in [1.29, 1.82) is 0 Å². The Morgan fingerprint density at radius 3 is 2.90 bits per heavy atom. The van der Waals surface area contributed by atoms with E-state index in [9.17, 15) is 4.79 Å². The zero-order valence-electron chi connectivity index (χ0n) is 12.6. The van der Waals surface area contributed by atoms with E-state index in [1.54, 1.807) is 23.0 Å². The van der Waals surface area contributed by atoms with Crippen LogP contribution in [0.5, 0.6) is 6.01 Å². The van der Waals surface area contributed by atoms with Crippen LogP contribution in [0.1, 0.15) is 42.5 Å². The third-order valence-electron chi connectivity index (χ3n) is 3.17. The molecule has 2 aromatic heterocycles. The van der Waals surface area contributed by atoms with Crippen molar-refractivity contribution in [2.75, 3.05) is 12.4 Å². The average molecular weight is 289 g/mol. The second-order valence-electron chi connectivity index (χ2n) is 4.75. The predicted octanol–water partition coefficient (Wildman–Crippen LogP) is 2.21. The summed E-state index contributed by atoms with van der Waals surface area (Å²) < 4.78 is 6.71. The van der Waals surface area contributed by atoms with Crippen LogP contribution in [-0.2, 0) is 0 Å². The molecular formula is C14H19N5O2. The SMILES string of the molecule is CCC(C)n1nccc1C(=O)Nc1cc(C)nc(OC)n1. The minimum absolute atomic E-state index is 0.155. The Bertz CT molecular complexity index is 638. The van der Waals surface area contributed by atoms with Crippen LogP contribution in [0.2, 0.25) is 0 Å². The van der Waals surface area contributed by atoms with Gasteiger partial charge < -0.3 is 10.1 Å². The van der Waals surface area contributed by atoms with Crippen LogP contribution < -0.4 is 10.1 Å². The van der Waals surface area contributed by atoms with Crippen molar-refractivity contribution in [2.45, 2.75) is 33.2 Å². The first-order chi connectivity index (χ1) is 10.0. The minimum atomic E-state index is -0.257. The molecule has 0 radical (unpaired) electrons. The Hall–Kier alpha value is -2.44. The van der Waals surface area contributed by atoms with Gasteiger partial charge in [-0.25, -0.2) is 4.98 Å². The van der Waals surface area contributed by atoms with E-state index in [-0.39, 0.29) is 18.0 Å². The van der Waals surface area contributed by atoms with Crippen molar-refractivity contribution in [3.8, 4) is 6.01 Å². The molecule has 112 valence electrons. The normalized spacial score (nSPS) is 12.0. The van der Waals surface area contributed by atoms with Gasteiger partial charge in [0.15, 0.2) is 0 Å². The van der Waals surface area contributed by atoms with Crippen LogP contribution in [0.25, 0.3) is 0 Å². The van der Waals surface area contributed by atoms with Crippen molar-refractivity contribution >= 4 is 11.7 Å². The largest absolute Gasteiger partial charge is 0.467 e. The Kier molecular flexibility index (Phi) is 4.52. The van der Waals surface area contributed by atoms with Gasteiger partial charge in [0, 0.05) is 24.0 Å². The van der Waals surface area contributed by atoms with Crippen LogP contribution in [0, 0.1) is 6.92 Å². The zero-order chi connectivity index (χ0) is 15.4. The summed E-state index contributed by atoms with van der Waals surface area (Å²) >= 11 is 0. The molecule has 2 aromatic rings. The molecule has 0 saturated carbocycles. The molecule has 0 aromatic carbocycles. The number of amides is 1. The molecule has 0 saturated heterocycles. The molecule has 0 fully saturated rings. The van der Waals surface area contributed by atoms with E-state index in [2.05, 4.69) is 20.4 Å². The van der Waals surface area contributed by atoms with Crippen molar-refractivity contribution < 1.29 is 9.53 Å². The molecule has 7 nitrogen and oxygen atoms in total. The summed E-state index contributed by atoms with van der Waals surface area (Å²) in [4.78, 5) is 20.5. The molecule has 1 amide bonds. The maximum absolute atomic E-state index is 12.4. The quantitative estimate of drug-likeness (QED) is 0.912. The van der Waals surface area contributed by atoms with E-state index in [1.807, 2.05) is 20.8 Å². The van der Waals surface area contributed by atoms with E-state index in [1.165, 1.54) is 7.11 Å². The fourth-order valence-electron chi connectivity index (χ4n) is 1.90. The van der Waals surface area contributed by atoms with E-state index < -0.39 is 0 Å². The number of methoxy groups -OCH3 is 1. The number of aryl methyl sites for hydroxylation is 1. The smallest absolute Gasteiger partial charge is 0.318 e. The lowest BCUT2D eigenvalue weighted by atomic mass is 10.2. The maximum atomic E-state index is 12.4. The van der Waals surface area contributed by atoms with Crippen LogP contribution in [-0.4, -0.2) is 32.8 Å². The van der Waals surface area contributed by atoms with Gasteiger partial charge in [-0.15, -0.1) is 0 Å². The van der Waals surface area contributed by atoms with Crippen molar-refractivity contribution in [1.82, 2.24) is 19.7 Å². The zero-order valence-corrected chi connectivity index (χ0v) is 12.6. The third-order valence-corrected chi connectivity index (χ3v) is 3.17. The van der Waals surface area contributed by atoms with Gasteiger partial charge in [-0.3, -0.25) is 9.48 Å². The molecule has 1 unspecified atom stereocenters. The highest BCUT2D eigenvalue weighted by atomic mass is 16.5. The molecule has 0 aliphatic heterocycles. The maximum Gasteiger partial charge on any atom is 0.318 e. The second kappa shape index (κ2) is 6.34. The summed E-state index contributed by atoms with van der Waals surface area (Å²) in [5.41, 5.74) is 1.21. The lowest BCUT2D eigenvalue weighted by Crippen LogP contribution is -2.20. The van der Waals surface area contributed by atoms with Gasteiger partial charge in [-0.05, 0) is 26.3 Å². The van der Waals surface area contributed by atoms with Crippen molar-refractivity contribution in [2.24, 2.45) is 0 Å². The molecule has 0 aliphatic carbocycles. The Labute approximate surface area is 123 Å². The first-order valence-electron chi connectivity index (χ1n) is 6.79. The highest BCUT2D eigenvalue weighted by Crippen LogP contribution is 2.15. The van der Waals surface area contributed by atoms with Gasteiger partial charge in [-0.2, -0.15) is 10.1 Å². The number of hydrogen-bond acceptors (Lipinski definition) is 5. The van der Waals surface area contributed by atoms with Gasteiger partial charge >= 0.3 is 6.01 Å². The first-order valence-corrected chi connectivity index (χ1v) is 6.79. The average Bonchev–Trinajstić information content (AvgIpc) is 2.95. The number of rotatable bonds is 5. The number of anilines is 1. The highest BCUT2D eigenvalue weighted by Gasteiger charge is 2.16. The Morgan fingerprint density at radius 2 is 2.24 bits per heavy atom. The molecule has 7 heteroatoms. The fourth-order valence-corrected chi connectivity index (χ4v) is 1.90. The molecule has 21 heavy (non-hydrogen) atoms. The van der Waals surface area contributed by atoms with Crippen molar-refractivity contribution in [3.63, 3.8) is 0 Å². The van der Waals surface area contributed by atoms with Gasteiger partial charge in [0.05, 0.1) is 7.11 Å². The lowest BCUT2D eigenvalue weighted by molar-refractivity contribution is 0.101. The number of ether oxygens (including phenoxy) is 1. The number of aromatic nitrogens is 4. The van der Waals surface area contributed by atoms with E-state index in [0.717, 1.165) is 6.42 Å². The van der Waals surface area contributed by atoms with Crippen LogP contribution >= 0.6 is 0 Å². The monoisotopic (exact) mass is 289 g/mol. The summed E-state index contributed by atoms with van der Waals surface area (Å²) in [6, 6.07) is 3.75. The predicted molar refractivity (Wildman–Crippen MR) is 78.5 cm³/mol. The molecule has 1 N–H and O–H groups in total. The van der Waals surface area contributed by atoms with Gasteiger partial charge in [0.25, 0.3) is 5.91 Å². The summed E-state index contributed by atoms with van der Waals surface area (Å²) in [6.45, 7) is 5.87. The number of nitrogens with one attached hydrogen (secondary N) is 1. The lowest BCUT2D eigenvalue weighted by Gasteiger charge is -2.13. The molecule has 0 bridgehead atoms. The number of carbonyl (C=O) groups excluding carboxylic acids is 1. The topological polar surface area (TPSA) is 81.9 Å². The number of hydrogen-bond donors (Lipinski definition) is 1. The van der Waals surface area contributed by atoms with Crippen molar-refractivity contribution in [3.05, 3.63) is 29.7 Å². The first kappa shape index (κ1) is 15.0. The van der Waals surface area contributed by atoms with E-state index in [4.69, 9.17) is 4.74 Å². The molecular weight excluding hydrogens is 270 g/mol. The third kappa shape index (κ3) is 3.36. The van der Waals surface area contributed by atoms with E-state index in [0.29, 0.717) is 17.2 Å². The van der Waals surface area contributed by atoms with Gasteiger partial charge in [0.1, 0.15) is 11.5 Å². The summed E-state index contributed by atoms with van der Waals surface area (Å²) in [6.07, 6.45) is 2.51. The molecule has 2 rings (SSSR count). The van der Waals surface area contributed by atoms with E-state index >= 15 is 0 Å². The fraction of sp³-hybridized carbons (Fsp3) is 0.429. The summed E-state index contributed by atoms with van der Waals surface area (Å²) in [5.74, 6) is 0.147. The van der Waals surface area contributed by atoms with Crippen LogP contribution in [0.4, 0.5) is 5.82 Å². The molecule has 0 aliphatic rings. The number of nitrogens with zero attached hydrogens (tertiary/aromatic N) is 4. The molecule has 2 heterocycles. The number of carbonyl (C=O) groups is 1. The van der Waals surface area contributed by atoms with Crippen LogP contribution in [0.3, 0.4) is 0 Å². The molecule has 1 atom stereocenters. The standard InChI is InChI=1S/C14H19N5O2/c1-5-10(3)19-11(6-7-15-19)13(20)17-12-8-9(2)16-14(18-12)21-4/h6-8,10H,5H2,1-4H3,(H,16,17,18,20). The van der Waals surface area contributed by atoms with Gasteiger partial charge in [-0.1, -0.05) is 6.92 Å². The highest BCUT2D eigenvalue weighted by molar-refractivity contribution is 6.02. The summed E-state index contributed by atoms with van der Waals surface area (Å²) in [7, 11) is 1.48. The molecule has 0 spiro atoms.